The molecule has 0 aliphatic carbocycles. The maximum atomic E-state index is 11.7. The summed E-state index contributed by atoms with van der Waals surface area (Å²) >= 11 is 0. The molecule has 0 amide bonds. The molecule has 0 aliphatic rings. The van der Waals surface area contributed by atoms with Crippen LogP contribution < -0.4 is 5.32 Å². The maximum Gasteiger partial charge on any atom is 0.321 e. The van der Waals surface area contributed by atoms with Crippen molar-refractivity contribution in [2.75, 3.05) is 13.2 Å². The van der Waals surface area contributed by atoms with Gasteiger partial charge in [0.15, 0.2) is 5.78 Å². The molecule has 0 aromatic carbocycles. The Morgan fingerprint density at radius 3 is 2.50 bits per heavy atom. The second kappa shape index (κ2) is 8.56. The number of nitrogens with zero attached hydrogens (tertiary/aromatic N) is 1. The van der Waals surface area contributed by atoms with Gasteiger partial charge in [0, 0.05) is 12.6 Å². The Hall–Kier alpha value is -1.85. The Labute approximate surface area is 125 Å². The van der Waals surface area contributed by atoms with E-state index in [1.54, 1.807) is 0 Å². The van der Waals surface area contributed by atoms with Gasteiger partial charge in [0.2, 0.25) is 0 Å². The lowest BCUT2D eigenvalue weighted by molar-refractivity contribution is -0.141. The van der Waals surface area contributed by atoms with E-state index in [-0.39, 0.29) is 6.42 Å². The maximum absolute atomic E-state index is 11.7. The van der Waals surface area contributed by atoms with Crippen LogP contribution in [-0.4, -0.2) is 84.8 Å². The molecule has 1 aromatic rings. The number of aliphatic hydroxyl groups excluding tert-OH is 4. The first kappa shape index (κ1) is 18.2. The molecule has 124 valence electrons. The molecule has 0 saturated heterocycles. The number of aromatic amines is 1. The lowest BCUT2D eigenvalue weighted by atomic mass is 10.0. The molecule has 7 N–H and O–H groups in total. The number of Topliss-reactive ketones (excluding diaryl/α,β-unsaturated/α-hetero) is 1. The molecule has 22 heavy (non-hydrogen) atoms. The van der Waals surface area contributed by atoms with Gasteiger partial charge >= 0.3 is 5.97 Å². The summed E-state index contributed by atoms with van der Waals surface area (Å²) in [6.45, 7) is -1.35. The number of aromatic nitrogens is 2. The fraction of sp³-hybridized carbons (Fsp3) is 0.583. The Morgan fingerprint density at radius 2 is 2.00 bits per heavy atom. The summed E-state index contributed by atoms with van der Waals surface area (Å²) in [5, 5.41) is 48.2. The van der Waals surface area contributed by atoms with E-state index in [1.807, 2.05) is 0 Å². The van der Waals surface area contributed by atoms with Gasteiger partial charge in [-0.05, 0) is 0 Å². The van der Waals surface area contributed by atoms with E-state index < -0.39 is 49.3 Å². The van der Waals surface area contributed by atoms with Crippen molar-refractivity contribution in [2.24, 2.45) is 0 Å². The largest absolute Gasteiger partial charge is 0.480 e. The van der Waals surface area contributed by atoms with Crippen molar-refractivity contribution in [1.29, 1.82) is 0 Å². The number of aliphatic hydroxyl groups is 4. The molecule has 0 radical (unpaired) electrons. The van der Waals surface area contributed by atoms with Gasteiger partial charge in [0.05, 0.1) is 25.2 Å². The minimum Gasteiger partial charge on any atom is -0.480 e. The lowest BCUT2D eigenvalue weighted by Gasteiger charge is -2.21. The highest BCUT2D eigenvalue weighted by atomic mass is 16.4. The van der Waals surface area contributed by atoms with E-state index in [0.717, 1.165) is 0 Å². The quantitative estimate of drug-likeness (QED) is 0.232. The van der Waals surface area contributed by atoms with Gasteiger partial charge < -0.3 is 30.5 Å². The zero-order valence-corrected chi connectivity index (χ0v) is 11.6. The van der Waals surface area contributed by atoms with Crippen LogP contribution in [0.4, 0.5) is 0 Å². The van der Waals surface area contributed by atoms with Crippen LogP contribution in [0.25, 0.3) is 0 Å². The van der Waals surface area contributed by atoms with Crippen LogP contribution in [0.2, 0.25) is 0 Å². The molecule has 0 unspecified atom stereocenters. The van der Waals surface area contributed by atoms with E-state index in [0.29, 0.717) is 5.69 Å². The number of rotatable bonds is 10. The van der Waals surface area contributed by atoms with E-state index in [4.69, 9.17) is 15.3 Å². The summed E-state index contributed by atoms with van der Waals surface area (Å²) in [6, 6.07) is -1.11. The number of nitrogens with one attached hydrogen (secondary N) is 2. The summed E-state index contributed by atoms with van der Waals surface area (Å²) in [5.41, 5.74) is 0.476. The first-order valence-corrected chi connectivity index (χ1v) is 6.48. The van der Waals surface area contributed by atoms with Gasteiger partial charge in [0.1, 0.15) is 24.4 Å². The molecule has 10 heteroatoms. The standard InChI is InChI=1S/C12H19N3O7/c16-4-9(18)11(20)10(19)8(17)3-14-7(12(21)22)1-6-2-13-5-15-6/h2,5,7,9-11,14,16,18-20H,1,3-4H2,(H,13,15)(H,21,22)/t7-,9+,10+,11+/m0/s1. The van der Waals surface area contributed by atoms with Crippen molar-refractivity contribution < 1.29 is 35.1 Å². The van der Waals surface area contributed by atoms with Crippen molar-refractivity contribution in [2.45, 2.75) is 30.8 Å². The number of carboxylic acid groups (broad SMARTS) is 1. The highest BCUT2D eigenvalue weighted by molar-refractivity contribution is 5.86. The molecule has 0 saturated carbocycles. The first-order chi connectivity index (χ1) is 10.4. The van der Waals surface area contributed by atoms with Crippen LogP contribution in [-0.2, 0) is 16.0 Å². The van der Waals surface area contributed by atoms with E-state index in [9.17, 15) is 19.8 Å². The second-order valence-electron chi connectivity index (χ2n) is 4.69. The van der Waals surface area contributed by atoms with Crippen LogP contribution >= 0.6 is 0 Å². The van der Waals surface area contributed by atoms with Gasteiger partial charge in [-0.3, -0.25) is 14.9 Å². The molecule has 10 nitrogen and oxygen atoms in total. The number of hydrogen-bond acceptors (Lipinski definition) is 8. The minimum absolute atomic E-state index is 0.0179. The number of carboxylic acids is 1. The number of imidazole rings is 1. The summed E-state index contributed by atoms with van der Waals surface area (Å²) in [7, 11) is 0. The summed E-state index contributed by atoms with van der Waals surface area (Å²) in [4.78, 5) is 29.3. The molecule has 4 atom stereocenters. The van der Waals surface area contributed by atoms with E-state index in [2.05, 4.69) is 15.3 Å². The number of carbonyl (C=O) groups is 2. The number of ketones is 1. The van der Waals surface area contributed by atoms with Crippen LogP contribution in [0, 0.1) is 0 Å². The van der Waals surface area contributed by atoms with Gasteiger partial charge in [-0.25, -0.2) is 4.98 Å². The highest BCUT2D eigenvalue weighted by Crippen LogP contribution is 2.03. The van der Waals surface area contributed by atoms with Crippen molar-refractivity contribution in [3.8, 4) is 0 Å². The third-order valence-electron chi connectivity index (χ3n) is 3.02. The second-order valence-corrected chi connectivity index (χ2v) is 4.69. The highest BCUT2D eigenvalue weighted by Gasteiger charge is 2.30. The van der Waals surface area contributed by atoms with Gasteiger partial charge in [0.25, 0.3) is 0 Å². The first-order valence-electron chi connectivity index (χ1n) is 6.48. The molecule has 0 bridgehead atoms. The minimum atomic E-state index is -1.94. The monoisotopic (exact) mass is 317 g/mol. The average Bonchev–Trinajstić information content (AvgIpc) is 3.01. The van der Waals surface area contributed by atoms with Gasteiger partial charge in [-0.1, -0.05) is 0 Å². The normalized spacial score (nSPS) is 16.7. The van der Waals surface area contributed by atoms with Crippen LogP contribution in [0.3, 0.4) is 0 Å². The smallest absolute Gasteiger partial charge is 0.321 e. The van der Waals surface area contributed by atoms with Crippen molar-refractivity contribution in [1.82, 2.24) is 15.3 Å². The molecule has 1 heterocycles. The van der Waals surface area contributed by atoms with Crippen molar-refractivity contribution >= 4 is 11.8 Å². The van der Waals surface area contributed by atoms with Crippen LogP contribution in [0.1, 0.15) is 5.69 Å². The number of aliphatic carboxylic acids is 1. The van der Waals surface area contributed by atoms with Crippen molar-refractivity contribution in [3.05, 3.63) is 18.2 Å². The zero-order chi connectivity index (χ0) is 16.7. The number of H-pyrrole nitrogens is 1. The van der Waals surface area contributed by atoms with Gasteiger partial charge in [-0.2, -0.15) is 0 Å². The summed E-state index contributed by atoms with van der Waals surface area (Å²) in [6.07, 6.45) is -2.54. The van der Waals surface area contributed by atoms with Crippen LogP contribution in [0.15, 0.2) is 12.5 Å². The van der Waals surface area contributed by atoms with Crippen LogP contribution in [0.5, 0.6) is 0 Å². The number of hydrogen-bond donors (Lipinski definition) is 7. The molecule has 1 rings (SSSR count). The SMILES string of the molecule is O=C(O)[C@H](Cc1c[nH]cn1)NCC(=O)[C@@H](O)[C@H](O)[C@H](O)CO. The molecule has 0 spiro atoms. The molecular weight excluding hydrogens is 298 g/mol. The van der Waals surface area contributed by atoms with E-state index >= 15 is 0 Å². The topological polar surface area (TPSA) is 176 Å². The predicted molar refractivity (Wildman–Crippen MR) is 71.8 cm³/mol. The molecule has 0 aliphatic heterocycles. The Morgan fingerprint density at radius 1 is 1.32 bits per heavy atom. The number of carbonyl (C=O) groups excluding carboxylic acids is 1. The molecule has 1 aromatic heterocycles. The third kappa shape index (κ3) is 5.16. The Kier molecular flexibility index (Phi) is 7.08. The fourth-order valence-corrected chi connectivity index (χ4v) is 1.70. The van der Waals surface area contributed by atoms with Crippen molar-refractivity contribution in [3.63, 3.8) is 0 Å². The van der Waals surface area contributed by atoms with E-state index in [1.165, 1.54) is 12.5 Å². The fourth-order valence-electron chi connectivity index (χ4n) is 1.70. The zero-order valence-electron chi connectivity index (χ0n) is 11.6. The Balaban J connectivity index is 2.53. The molecular formula is C12H19N3O7. The summed E-state index contributed by atoms with van der Waals surface area (Å²) in [5.74, 6) is -2.12. The predicted octanol–water partition coefficient (Wildman–Crippen LogP) is -3.36. The molecule has 0 fully saturated rings. The average molecular weight is 317 g/mol. The lowest BCUT2D eigenvalue weighted by Crippen LogP contribution is -2.49. The Bertz CT molecular complexity index is 479. The summed E-state index contributed by atoms with van der Waals surface area (Å²) < 4.78 is 0. The third-order valence-corrected chi connectivity index (χ3v) is 3.02. The van der Waals surface area contributed by atoms with Gasteiger partial charge in [-0.15, -0.1) is 0 Å².